The standard InChI is InChI=1S/C22H20ClN5O3/c1-3-30-16-10-8-15(9-11-16)12-24-21(29)22-25-20(27-31-22)17-13-28(26-14(17)2)19-7-5-4-6-18(19)23/h4-11,13H,3,12H2,1-2H3,(H,24,29). The summed E-state index contributed by atoms with van der Waals surface area (Å²) < 4.78 is 12.2. The minimum Gasteiger partial charge on any atom is -0.494 e. The third-order valence-electron chi connectivity index (χ3n) is 4.55. The number of para-hydroxylation sites is 1. The van der Waals surface area contributed by atoms with Gasteiger partial charge in [0.15, 0.2) is 0 Å². The first-order chi connectivity index (χ1) is 15.0. The average molecular weight is 438 g/mol. The quantitative estimate of drug-likeness (QED) is 0.465. The predicted molar refractivity (Wildman–Crippen MR) is 115 cm³/mol. The second-order valence-corrected chi connectivity index (χ2v) is 7.11. The summed E-state index contributed by atoms with van der Waals surface area (Å²) in [5.41, 5.74) is 2.99. The van der Waals surface area contributed by atoms with Crippen molar-refractivity contribution in [2.75, 3.05) is 6.61 Å². The lowest BCUT2D eigenvalue weighted by Gasteiger charge is -2.05. The van der Waals surface area contributed by atoms with Gasteiger partial charge in [0.25, 0.3) is 0 Å². The molecule has 0 saturated heterocycles. The van der Waals surface area contributed by atoms with E-state index in [1.165, 1.54) is 0 Å². The first kappa shape index (κ1) is 20.6. The Bertz CT molecular complexity index is 1200. The molecule has 0 unspecified atom stereocenters. The molecule has 0 spiro atoms. The number of amides is 1. The number of nitrogens with zero attached hydrogens (tertiary/aromatic N) is 4. The van der Waals surface area contributed by atoms with Crippen LogP contribution in [0.5, 0.6) is 5.75 Å². The van der Waals surface area contributed by atoms with E-state index >= 15 is 0 Å². The van der Waals surface area contributed by atoms with Crippen LogP contribution in [0.4, 0.5) is 0 Å². The molecule has 0 aliphatic heterocycles. The van der Waals surface area contributed by atoms with Gasteiger partial charge in [0, 0.05) is 12.7 Å². The summed E-state index contributed by atoms with van der Waals surface area (Å²) >= 11 is 6.25. The van der Waals surface area contributed by atoms with Crippen LogP contribution in [0.15, 0.2) is 59.3 Å². The topological polar surface area (TPSA) is 95.1 Å². The molecule has 0 fully saturated rings. The second-order valence-electron chi connectivity index (χ2n) is 6.71. The number of carbonyl (C=O) groups excluding carboxylic acids is 1. The van der Waals surface area contributed by atoms with E-state index in [1.54, 1.807) is 16.9 Å². The van der Waals surface area contributed by atoms with Gasteiger partial charge in [-0.15, -0.1) is 0 Å². The van der Waals surface area contributed by atoms with Gasteiger partial charge in [0.2, 0.25) is 5.82 Å². The van der Waals surface area contributed by atoms with E-state index in [0.29, 0.717) is 29.4 Å². The lowest BCUT2D eigenvalue weighted by atomic mass is 10.2. The van der Waals surface area contributed by atoms with Gasteiger partial charge in [-0.2, -0.15) is 10.1 Å². The van der Waals surface area contributed by atoms with Gasteiger partial charge in [-0.3, -0.25) is 4.79 Å². The lowest BCUT2D eigenvalue weighted by Crippen LogP contribution is -2.23. The molecule has 2 heterocycles. The highest BCUT2D eigenvalue weighted by molar-refractivity contribution is 6.32. The molecule has 4 rings (SSSR count). The first-order valence-corrected chi connectivity index (χ1v) is 10.1. The molecular weight excluding hydrogens is 418 g/mol. The largest absolute Gasteiger partial charge is 0.494 e. The second kappa shape index (κ2) is 9.01. The van der Waals surface area contributed by atoms with Gasteiger partial charge in [-0.05, 0) is 43.7 Å². The van der Waals surface area contributed by atoms with Crippen molar-refractivity contribution >= 4 is 17.5 Å². The van der Waals surface area contributed by atoms with E-state index in [9.17, 15) is 4.79 Å². The Balaban J connectivity index is 1.45. The number of halogens is 1. The van der Waals surface area contributed by atoms with Crippen LogP contribution in [0, 0.1) is 6.92 Å². The van der Waals surface area contributed by atoms with Crippen molar-refractivity contribution in [2.45, 2.75) is 20.4 Å². The van der Waals surface area contributed by atoms with Crippen LogP contribution in [-0.4, -0.2) is 32.4 Å². The molecule has 0 aliphatic carbocycles. The molecule has 0 aliphatic rings. The third-order valence-corrected chi connectivity index (χ3v) is 4.87. The van der Waals surface area contributed by atoms with E-state index in [0.717, 1.165) is 17.0 Å². The average Bonchev–Trinajstić information content (AvgIpc) is 3.40. The summed E-state index contributed by atoms with van der Waals surface area (Å²) in [5, 5.41) is 11.7. The maximum atomic E-state index is 12.4. The van der Waals surface area contributed by atoms with E-state index in [4.69, 9.17) is 20.9 Å². The fourth-order valence-electron chi connectivity index (χ4n) is 2.99. The smallest absolute Gasteiger partial charge is 0.316 e. The number of carbonyl (C=O) groups is 1. The Kier molecular flexibility index (Phi) is 5.99. The number of hydrogen-bond acceptors (Lipinski definition) is 6. The molecule has 0 saturated carbocycles. The van der Waals surface area contributed by atoms with Crippen LogP contribution in [-0.2, 0) is 6.54 Å². The molecule has 2 aromatic carbocycles. The van der Waals surface area contributed by atoms with Crippen LogP contribution in [0.1, 0.15) is 28.9 Å². The zero-order valence-electron chi connectivity index (χ0n) is 17.0. The minimum absolute atomic E-state index is 0.120. The summed E-state index contributed by atoms with van der Waals surface area (Å²) in [7, 11) is 0. The number of ether oxygens (including phenoxy) is 1. The first-order valence-electron chi connectivity index (χ1n) is 9.70. The van der Waals surface area contributed by atoms with Crippen molar-refractivity contribution in [3.05, 3.63) is 76.9 Å². The number of aryl methyl sites for hydroxylation is 1. The van der Waals surface area contributed by atoms with Crippen molar-refractivity contribution in [1.82, 2.24) is 25.2 Å². The highest BCUT2D eigenvalue weighted by Crippen LogP contribution is 2.25. The zero-order chi connectivity index (χ0) is 21.8. The van der Waals surface area contributed by atoms with Crippen molar-refractivity contribution in [2.24, 2.45) is 0 Å². The van der Waals surface area contributed by atoms with Crippen LogP contribution in [0.3, 0.4) is 0 Å². The molecule has 0 atom stereocenters. The SMILES string of the molecule is CCOc1ccc(CNC(=O)c2nc(-c3cn(-c4ccccc4Cl)nc3C)no2)cc1. The molecule has 1 amide bonds. The van der Waals surface area contributed by atoms with Crippen LogP contribution >= 0.6 is 11.6 Å². The monoisotopic (exact) mass is 437 g/mol. The Hall–Kier alpha value is -3.65. The van der Waals surface area contributed by atoms with Crippen LogP contribution in [0.25, 0.3) is 17.1 Å². The maximum absolute atomic E-state index is 12.4. The summed E-state index contributed by atoms with van der Waals surface area (Å²) in [6, 6.07) is 14.8. The molecule has 2 aromatic heterocycles. The van der Waals surface area contributed by atoms with Crippen LogP contribution in [0.2, 0.25) is 5.02 Å². The van der Waals surface area contributed by atoms with Gasteiger partial charge in [0.05, 0.1) is 28.6 Å². The van der Waals surface area contributed by atoms with Crippen molar-refractivity contribution in [3.8, 4) is 22.8 Å². The molecule has 31 heavy (non-hydrogen) atoms. The van der Waals surface area contributed by atoms with Gasteiger partial charge in [-0.25, -0.2) is 4.68 Å². The molecular formula is C22H20ClN5O3. The molecule has 1 N–H and O–H groups in total. The maximum Gasteiger partial charge on any atom is 0.316 e. The number of hydrogen-bond donors (Lipinski definition) is 1. The normalized spacial score (nSPS) is 10.8. The summed E-state index contributed by atoms with van der Waals surface area (Å²) in [5.74, 6) is 0.489. The Morgan fingerprint density at radius 1 is 1.19 bits per heavy atom. The van der Waals surface area contributed by atoms with Gasteiger partial charge in [-0.1, -0.05) is 41.0 Å². The van der Waals surface area contributed by atoms with E-state index in [1.807, 2.05) is 56.3 Å². The molecule has 4 aromatic rings. The van der Waals surface area contributed by atoms with Crippen molar-refractivity contribution < 1.29 is 14.1 Å². The van der Waals surface area contributed by atoms with Crippen molar-refractivity contribution in [3.63, 3.8) is 0 Å². The third kappa shape index (κ3) is 4.59. The fraction of sp³-hybridized carbons (Fsp3) is 0.182. The summed E-state index contributed by atoms with van der Waals surface area (Å²) in [4.78, 5) is 16.6. The minimum atomic E-state index is -0.455. The van der Waals surface area contributed by atoms with Gasteiger partial charge in [0.1, 0.15) is 5.75 Å². The molecule has 0 radical (unpaired) electrons. The van der Waals surface area contributed by atoms with Gasteiger partial charge < -0.3 is 14.6 Å². The van der Waals surface area contributed by atoms with Crippen molar-refractivity contribution in [1.29, 1.82) is 0 Å². The lowest BCUT2D eigenvalue weighted by molar-refractivity contribution is 0.0907. The van der Waals surface area contributed by atoms with Gasteiger partial charge >= 0.3 is 11.8 Å². The predicted octanol–water partition coefficient (Wildman–Crippen LogP) is 4.21. The molecule has 9 heteroatoms. The van der Waals surface area contributed by atoms with Crippen LogP contribution < -0.4 is 10.1 Å². The Morgan fingerprint density at radius 2 is 1.97 bits per heavy atom. The summed E-state index contributed by atoms with van der Waals surface area (Å²) in [6.45, 7) is 4.68. The van der Waals surface area contributed by atoms with E-state index < -0.39 is 5.91 Å². The Morgan fingerprint density at radius 3 is 2.71 bits per heavy atom. The molecule has 158 valence electrons. The van der Waals surface area contributed by atoms with E-state index in [-0.39, 0.29) is 11.7 Å². The zero-order valence-corrected chi connectivity index (χ0v) is 17.8. The fourth-order valence-corrected chi connectivity index (χ4v) is 3.22. The highest BCUT2D eigenvalue weighted by atomic mass is 35.5. The number of benzene rings is 2. The molecule has 8 nitrogen and oxygen atoms in total. The summed E-state index contributed by atoms with van der Waals surface area (Å²) in [6.07, 6.45) is 1.75. The number of aromatic nitrogens is 4. The Labute approximate surface area is 183 Å². The number of rotatable bonds is 7. The number of nitrogens with one attached hydrogen (secondary N) is 1. The highest BCUT2D eigenvalue weighted by Gasteiger charge is 2.19. The molecule has 0 bridgehead atoms. The van der Waals surface area contributed by atoms with E-state index in [2.05, 4.69) is 20.6 Å².